The molecule has 0 radical (unpaired) electrons. The third-order valence-corrected chi connectivity index (χ3v) is 4.58. The molecule has 1 amide bonds. The first-order valence-corrected chi connectivity index (χ1v) is 6.97. The summed E-state index contributed by atoms with van der Waals surface area (Å²) in [6.45, 7) is 5.73. The molecule has 1 aliphatic rings. The molecular weight excluding hydrogens is 278 g/mol. The van der Waals surface area contributed by atoms with Crippen molar-refractivity contribution < 1.29 is 9.90 Å². The van der Waals surface area contributed by atoms with E-state index in [2.05, 4.69) is 10.4 Å². The summed E-state index contributed by atoms with van der Waals surface area (Å²) in [6, 6.07) is 0.000109. The highest BCUT2D eigenvalue weighted by Gasteiger charge is 2.47. The zero-order valence-electron chi connectivity index (χ0n) is 12.1. The SMILES string of the molecule is Cc1nn(C)c(Cl)c1/C=C/C(=O)NC1CC(O)C1(C)C. The molecular formula is C14H20ClN3O2. The summed E-state index contributed by atoms with van der Waals surface area (Å²) in [5.74, 6) is -0.186. The molecule has 5 nitrogen and oxygen atoms in total. The van der Waals surface area contributed by atoms with Gasteiger partial charge >= 0.3 is 0 Å². The van der Waals surface area contributed by atoms with Crippen LogP contribution in [0.1, 0.15) is 31.5 Å². The van der Waals surface area contributed by atoms with Gasteiger partial charge < -0.3 is 10.4 Å². The highest BCUT2D eigenvalue weighted by molar-refractivity contribution is 6.31. The van der Waals surface area contributed by atoms with Gasteiger partial charge in [-0.15, -0.1) is 0 Å². The van der Waals surface area contributed by atoms with Gasteiger partial charge in [0, 0.05) is 30.1 Å². The van der Waals surface area contributed by atoms with E-state index in [1.54, 1.807) is 17.8 Å². The minimum Gasteiger partial charge on any atom is -0.392 e. The van der Waals surface area contributed by atoms with Crippen molar-refractivity contribution in [2.45, 2.75) is 39.3 Å². The van der Waals surface area contributed by atoms with E-state index in [9.17, 15) is 9.90 Å². The Morgan fingerprint density at radius 3 is 2.70 bits per heavy atom. The quantitative estimate of drug-likeness (QED) is 0.834. The first-order valence-electron chi connectivity index (χ1n) is 6.59. The number of aryl methyl sites for hydroxylation is 2. The summed E-state index contributed by atoms with van der Waals surface area (Å²) in [6.07, 6.45) is 3.37. The maximum absolute atomic E-state index is 11.9. The fourth-order valence-electron chi connectivity index (χ4n) is 2.36. The van der Waals surface area contributed by atoms with Gasteiger partial charge in [0.15, 0.2) is 0 Å². The van der Waals surface area contributed by atoms with Gasteiger partial charge in [-0.25, -0.2) is 0 Å². The highest BCUT2D eigenvalue weighted by Crippen LogP contribution is 2.40. The van der Waals surface area contributed by atoms with Crippen LogP contribution in [0.5, 0.6) is 0 Å². The van der Waals surface area contributed by atoms with Crippen molar-refractivity contribution in [3.63, 3.8) is 0 Å². The minimum absolute atomic E-state index is 0.000109. The van der Waals surface area contributed by atoms with Gasteiger partial charge in [-0.1, -0.05) is 25.4 Å². The van der Waals surface area contributed by atoms with Crippen LogP contribution in [0.2, 0.25) is 5.15 Å². The van der Waals surface area contributed by atoms with Crippen molar-refractivity contribution in [3.05, 3.63) is 22.5 Å². The van der Waals surface area contributed by atoms with Crippen LogP contribution in [0.4, 0.5) is 0 Å². The molecule has 6 heteroatoms. The van der Waals surface area contributed by atoms with Crippen LogP contribution in [-0.4, -0.2) is 32.9 Å². The highest BCUT2D eigenvalue weighted by atomic mass is 35.5. The molecule has 1 aromatic rings. The van der Waals surface area contributed by atoms with Gasteiger partial charge in [-0.2, -0.15) is 5.10 Å². The lowest BCUT2D eigenvalue weighted by molar-refractivity contribution is -0.124. The predicted molar refractivity (Wildman–Crippen MR) is 78.3 cm³/mol. The zero-order chi connectivity index (χ0) is 15.1. The van der Waals surface area contributed by atoms with Crippen molar-refractivity contribution in [2.24, 2.45) is 12.5 Å². The monoisotopic (exact) mass is 297 g/mol. The molecule has 2 N–H and O–H groups in total. The van der Waals surface area contributed by atoms with E-state index in [1.807, 2.05) is 20.8 Å². The van der Waals surface area contributed by atoms with E-state index in [0.717, 1.165) is 11.3 Å². The van der Waals surface area contributed by atoms with Gasteiger partial charge in [-0.3, -0.25) is 9.48 Å². The second-order valence-corrected chi connectivity index (χ2v) is 6.24. The number of nitrogens with one attached hydrogen (secondary N) is 1. The number of halogens is 1. The maximum Gasteiger partial charge on any atom is 0.244 e. The largest absolute Gasteiger partial charge is 0.392 e. The van der Waals surface area contributed by atoms with Crippen molar-refractivity contribution in [2.75, 3.05) is 0 Å². The summed E-state index contributed by atoms with van der Waals surface area (Å²) >= 11 is 6.09. The van der Waals surface area contributed by atoms with Crippen molar-refractivity contribution in [1.29, 1.82) is 0 Å². The van der Waals surface area contributed by atoms with Gasteiger partial charge in [-0.05, 0) is 19.4 Å². The Hall–Kier alpha value is -1.33. The third-order valence-electron chi connectivity index (χ3n) is 4.13. The van der Waals surface area contributed by atoms with E-state index in [1.165, 1.54) is 6.08 Å². The Morgan fingerprint density at radius 1 is 1.60 bits per heavy atom. The number of hydrogen-bond donors (Lipinski definition) is 2. The molecule has 1 saturated carbocycles. The Labute approximate surface area is 123 Å². The van der Waals surface area contributed by atoms with Gasteiger partial charge in [0.25, 0.3) is 0 Å². The number of amides is 1. The Bertz CT molecular complexity index is 563. The molecule has 0 aliphatic heterocycles. The molecule has 0 spiro atoms. The van der Waals surface area contributed by atoms with Crippen LogP contribution in [0, 0.1) is 12.3 Å². The zero-order valence-corrected chi connectivity index (χ0v) is 12.9. The molecule has 1 fully saturated rings. The molecule has 110 valence electrons. The standard InChI is InChI=1S/C14H20ClN3O2/c1-8-9(13(15)18(4)17-8)5-6-12(20)16-10-7-11(19)14(10,2)3/h5-6,10-11,19H,7H2,1-4H3,(H,16,20)/b6-5+. The van der Waals surface area contributed by atoms with Crippen LogP contribution in [-0.2, 0) is 11.8 Å². The van der Waals surface area contributed by atoms with Crippen LogP contribution in [0.15, 0.2) is 6.08 Å². The van der Waals surface area contributed by atoms with Gasteiger partial charge in [0.1, 0.15) is 5.15 Å². The topological polar surface area (TPSA) is 67.2 Å². The van der Waals surface area contributed by atoms with Gasteiger partial charge in [0.2, 0.25) is 5.91 Å². The molecule has 2 rings (SSSR count). The second-order valence-electron chi connectivity index (χ2n) is 5.88. The molecule has 2 atom stereocenters. The molecule has 20 heavy (non-hydrogen) atoms. The second kappa shape index (κ2) is 5.22. The Morgan fingerprint density at radius 2 is 2.25 bits per heavy atom. The lowest BCUT2D eigenvalue weighted by atomic mass is 9.64. The summed E-state index contributed by atoms with van der Waals surface area (Å²) in [4.78, 5) is 11.9. The van der Waals surface area contributed by atoms with Crippen LogP contribution >= 0.6 is 11.6 Å². The third kappa shape index (κ3) is 2.60. The van der Waals surface area contributed by atoms with E-state index in [4.69, 9.17) is 11.6 Å². The number of carbonyl (C=O) groups is 1. The molecule has 0 aromatic carbocycles. The van der Waals surface area contributed by atoms with Crippen LogP contribution in [0.25, 0.3) is 6.08 Å². The normalized spacial score (nSPS) is 24.7. The summed E-state index contributed by atoms with van der Waals surface area (Å²) < 4.78 is 1.57. The lowest BCUT2D eigenvalue weighted by Gasteiger charge is -2.49. The number of hydrogen-bond acceptors (Lipinski definition) is 3. The number of carbonyl (C=O) groups excluding carboxylic acids is 1. The number of aliphatic hydroxyl groups excluding tert-OH is 1. The fraction of sp³-hybridized carbons (Fsp3) is 0.571. The Kier molecular flexibility index (Phi) is 3.93. The minimum atomic E-state index is -0.355. The summed E-state index contributed by atoms with van der Waals surface area (Å²) in [5, 5.41) is 17.2. The number of rotatable bonds is 3. The number of aliphatic hydroxyl groups is 1. The first kappa shape index (κ1) is 15.1. The molecule has 1 aliphatic carbocycles. The van der Waals surface area contributed by atoms with Crippen LogP contribution < -0.4 is 5.32 Å². The molecule has 0 saturated heterocycles. The van der Waals surface area contributed by atoms with E-state index in [-0.39, 0.29) is 23.5 Å². The molecule has 1 aromatic heterocycles. The van der Waals surface area contributed by atoms with Crippen LogP contribution in [0.3, 0.4) is 0 Å². The Balaban J connectivity index is 2.00. The van der Waals surface area contributed by atoms with E-state index < -0.39 is 0 Å². The summed E-state index contributed by atoms with van der Waals surface area (Å²) in [7, 11) is 1.75. The van der Waals surface area contributed by atoms with Crippen molar-refractivity contribution >= 4 is 23.6 Å². The molecule has 0 bridgehead atoms. The molecule has 2 unspecified atom stereocenters. The van der Waals surface area contributed by atoms with Crippen molar-refractivity contribution in [1.82, 2.24) is 15.1 Å². The van der Waals surface area contributed by atoms with E-state index >= 15 is 0 Å². The lowest BCUT2D eigenvalue weighted by Crippen LogP contribution is -2.60. The summed E-state index contributed by atoms with van der Waals surface area (Å²) in [5.41, 5.74) is 1.25. The number of aromatic nitrogens is 2. The predicted octanol–water partition coefficient (Wildman–Crippen LogP) is 1.67. The first-order chi connectivity index (χ1) is 9.23. The number of nitrogens with zero attached hydrogens (tertiary/aromatic N) is 2. The maximum atomic E-state index is 11.9. The fourth-order valence-corrected chi connectivity index (χ4v) is 2.60. The molecule has 1 heterocycles. The average molecular weight is 298 g/mol. The smallest absolute Gasteiger partial charge is 0.244 e. The average Bonchev–Trinajstić information content (AvgIpc) is 2.61. The van der Waals surface area contributed by atoms with Gasteiger partial charge in [0.05, 0.1) is 11.8 Å². The van der Waals surface area contributed by atoms with Crippen molar-refractivity contribution in [3.8, 4) is 0 Å². The van der Waals surface area contributed by atoms with E-state index in [0.29, 0.717) is 11.6 Å².